The van der Waals surface area contributed by atoms with Crippen LogP contribution in [0, 0.1) is 0 Å². The van der Waals surface area contributed by atoms with Gasteiger partial charge in [-0.2, -0.15) is 0 Å². The summed E-state index contributed by atoms with van der Waals surface area (Å²) >= 11 is 1.85. The highest BCUT2D eigenvalue weighted by Crippen LogP contribution is 2.45. The lowest BCUT2D eigenvalue weighted by Crippen LogP contribution is -2.41. The van der Waals surface area contributed by atoms with Crippen molar-refractivity contribution in [1.29, 1.82) is 0 Å². The van der Waals surface area contributed by atoms with Crippen LogP contribution in [0.4, 0.5) is 0 Å². The standard InChI is InChI=1S/C22H31N2O4PS/c1-2-3-4-5-20-24-19-9-7-16-12-15(6-8-18(16)21(19)30-20)17-10-11-22(23,13-17)14-28-29(25,26)27/h6,8,12,17H,2-5,7,9-11,13-14,23H2,1H3,(H2,25,26,27)/t17-,22+/m1/s1. The maximum Gasteiger partial charge on any atom is 0.469 e. The molecule has 2 atom stereocenters. The van der Waals surface area contributed by atoms with Crippen LogP contribution in [-0.4, -0.2) is 26.9 Å². The molecule has 2 aliphatic carbocycles. The van der Waals surface area contributed by atoms with Crippen molar-refractivity contribution >= 4 is 19.2 Å². The highest BCUT2D eigenvalue weighted by molar-refractivity contribution is 7.46. The summed E-state index contributed by atoms with van der Waals surface area (Å²) in [6, 6.07) is 6.75. The predicted molar refractivity (Wildman–Crippen MR) is 120 cm³/mol. The SMILES string of the molecule is CCCCCc1nc2c(s1)-c1ccc([C@@H]3CC[C@@](N)(COP(=O)(O)O)C3)cc1CC2. The molecule has 0 saturated heterocycles. The summed E-state index contributed by atoms with van der Waals surface area (Å²) in [5.41, 5.74) is 10.9. The summed E-state index contributed by atoms with van der Waals surface area (Å²) in [4.78, 5) is 24.2. The molecule has 1 aromatic carbocycles. The molecule has 0 bridgehead atoms. The van der Waals surface area contributed by atoms with E-state index in [4.69, 9.17) is 25.0 Å². The number of rotatable bonds is 8. The number of benzene rings is 1. The van der Waals surface area contributed by atoms with Gasteiger partial charge in [-0.3, -0.25) is 4.52 Å². The number of aromatic nitrogens is 1. The van der Waals surface area contributed by atoms with Gasteiger partial charge in [-0.1, -0.05) is 38.0 Å². The summed E-state index contributed by atoms with van der Waals surface area (Å²) in [5, 5.41) is 1.26. The Morgan fingerprint density at radius 1 is 1.33 bits per heavy atom. The van der Waals surface area contributed by atoms with E-state index < -0.39 is 13.4 Å². The first kappa shape index (κ1) is 22.1. The number of nitrogens with zero attached hydrogens (tertiary/aromatic N) is 1. The number of nitrogens with two attached hydrogens (primary N) is 1. The first-order valence-corrected chi connectivity index (χ1v) is 13.2. The van der Waals surface area contributed by atoms with E-state index in [0.29, 0.717) is 18.8 Å². The summed E-state index contributed by atoms with van der Waals surface area (Å²) in [5.74, 6) is 0.299. The van der Waals surface area contributed by atoms with E-state index in [9.17, 15) is 4.57 Å². The average Bonchev–Trinajstić information content (AvgIpc) is 3.30. The zero-order valence-corrected chi connectivity index (χ0v) is 19.2. The third-order valence-electron chi connectivity index (χ3n) is 6.38. The van der Waals surface area contributed by atoms with E-state index in [2.05, 4.69) is 25.1 Å². The summed E-state index contributed by atoms with van der Waals surface area (Å²) < 4.78 is 15.7. The molecule has 1 saturated carbocycles. The van der Waals surface area contributed by atoms with Crippen molar-refractivity contribution in [2.24, 2.45) is 5.73 Å². The molecule has 1 heterocycles. The van der Waals surface area contributed by atoms with Gasteiger partial charge in [-0.25, -0.2) is 9.55 Å². The van der Waals surface area contributed by atoms with Crippen LogP contribution in [0.15, 0.2) is 18.2 Å². The molecule has 6 nitrogen and oxygen atoms in total. The van der Waals surface area contributed by atoms with Gasteiger partial charge in [0.05, 0.1) is 22.2 Å². The fraction of sp³-hybridized carbons (Fsp3) is 0.591. The number of hydrogen-bond donors (Lipinski definition) is 3. The first-order valence-electron chi connectivity index (χ1n) is 10.9. The molecule has 1 fully saturated rings. The van der Waals surface area contributed by atoms with Crippen LogP contribution < -0.4 is 5.73 Å². The van der Waals surface area contributed by atoms with Crippen molar-refractivity contribution in [3.8, 4) is 10.4 Å². The zero-order valence-electron chi connectivity index (χ0n) is 17.5. The summed E-state index contributed by atoms with van der Waals surface area (Å²) in [6.45, 7) is 2.12. The number of thiazole rings is 1. The van der Waals surface area contributed by atoms with E-state index >= 15 is 0 Å². The van der Waals surface area contributed by atoms with Gasteiger partial charge in [0.15, 0.2) is 0 Å². The highest BCUT2D eigenvalue weighted by Gasteiger charge is 2.38. The van der Waals surface area contributed by atoms with Crippen molar-refractivity contribution < 1.29 is 18.9 Å². The lowest BCUT2D eigenvalue weighted by molar-refractivity contribution is 0.153. The lowest BCUT2D eigenvalue weighted by Gasteiger charge is -2.24. The largest absolute Gasteiger partial charge is 0.469 e. The maximum atomic E-state index is 11.0. The second-order valence-electron chi connectivity index (χ2n) is 8.82. The minimum Gasteiger partial charge on any atom is -0.323 e. The molecule has 1 aromatic heterocycles. The van der Waals surface area contributed by atoms with Gasteiger partial charge in [0.25, 0.3) is 0 Å². The second kappa shape index (κ2) is 8.81. The van der Waals surface area contributed by atoms with Crippen LogP contribution in [0.5, 0.6) is 0 Å². The minimum atomic E-state index is -4.49. The van der Waals surface area contributed by atoms with Gasteiger partial charge in [0.1, 0.15) is 0 Å². The highest BCUT2D eigenvalue weighted by atomic mass is 32.1. The third kappa shape index (κ3) is 5.04. The number of fused-ring (bicyclic) bond motifs is 3. The van der Waals surface area contributed by atoms with Gasteiger partial charge in [0, 0.05) is 5.54 Å². The Bertz CT molecular complexity index is 957. The molecule has 0 radical (unpaired) electrons. The van der Waals surface area contributed by atoms with E-state index in [0.717, 1.165) is 25.7 Å². The molecule has 0 aliphatic heterocycles. The Labute approximate surface area is 182 Å². The van der Waals surface area contributed by atoms with Crippen LogP contribution in [0.2, 0.25) is 0 Å². The monoisotopic (exact) mass is 450 g/mol. The Balaban J connectivity index is 1.47. The molecule has 0 amide bonds. The van der Waals surface area contributed by atoms with E-state index in [1.165, 1.54) is 51.5 Å². The average molecular weight is 451 g/mol. The normalized spacial score (nSPS) is 23.4. The summed E-state index contributed by atoms with van der Waals surface area (Å²) in [6.07, 6.45) is 9.08. The van der Waals surface area contributed by atoms with Crippen LogP contribution in [0.1, 0.15) is 73.2 Å². The van der Waals surface area contributed by atoms with E-state index in [1.807, 2.05) is 11.3 Å². The number of aryl methyl sites for hydroxylation is 3. The Morgan fingerprint density at radius 3 is 2.93 bits per heavy atom. The Morgan fingerprint density at radius 2 is 2.17 bits per heavy atom. The maximum absolute atomic E-state index is 11.0. The van der Waals surface area contributed by atoms with Gasteiger partial charge in [0.2, 0.25) is 0 Å². The fourth-order valence-electron chi connectivity index (χ4n) is 4.75. The fourth-order valence-corrected chi connectivity index (χ4v) is 6.39. The summed E-state index contributed by atoms with van der Waals surface area (Å²) in [7, 11) is -4.49. The van der Waals surface area contributed by atoms with Crippen molar-refractivity contribution in [3.05, 3.63) is 40.0 Å². The smallest absolute Gasteiger partial charge is 0.323 e. The van der Waals surface area contributed by atoms with Crippen molar-refractivity contribution in [3.63, 3.8) is 0 Å². The molecular formula is C22H31N2O4PS. The number of hydrogen-bond acceptors (Lipinski definition) is 5. The predicted octanol–water partition coefficient (Wildman–Crippen LogP) is 4.72. The first-order chi connectivity index (χ1) is 14.3. The van der Waals surface area contributed by atoms with Crippen molar-refractivity contribution in [2.75, 3.05) is 6.61 Å². The molecule has 164 valence electrons. The topological polar surface area (TPSA) is 106 Å². The van der Waals surface area contributed by atoms with Gasteiger partial charge in [-0.15, -0.1) is 11.3 Å². The molecule has 2 aliphatic rings. The second-order valence-corrected chi connectivity index (χ2v) is 11.1. The van der Waals surface area contributed by atoms with Gasteiger partial charge < -0.3 is 15.5 Å². The van der Waals surface area contributed by atoms with E-state index in [1.54, 1.807) is 0 Å². The minimum absolute atomic E-state index is 0.107. The van der Waals surface area contributed by atoms with Crippen molar-refractivity contribution in [1.82, 2.24) is 4.98 Å². The molecule has 8 heteroatoms. The lowest BCUT2D eigenvalue weighted by atomic mass is 9.87. The van der Waals surface area contributed by atoms with Crippen LogP contribution in [0.25, 0.3) is 10.4 Å². The molecular weight excluding hydrogens is 419 g/mol. The molecule has 30 heavy (non-hydrogen) atoms. The Hall–Kier alpha value is -1.08. The van der Waals surface area contributed by atoms with E-state index in [-0.39, 0.29) is 6.61 Å². The molecule has 0 spiro atoms. The van der Waals surface area contributed by atoms with Gasteiger partial charge in [-0.05, 0) is 67.6 Å². The number of unbranched alkanes of at least 4 members (excludes halogenated alkanes) is 2. The van der Waals surface area contributed by atoms with Crippen LogP contribution in [-0.2, 0) is 28.4 Å². The number of phosphoric ester groups is 1. The quantitative estimate of drug-likeness (QED) is 0.397. The zero-order chi connectivity index (χ0) is 21.4. The molecule has 4 rings (SSSR count). The van der Waals surface area contributed by atoms with Gasteiger partial charge >= 0.3 is 7.82 Å². The van der Waals surface area contributed by atoms with Crippen LogP contribution in [0.3, 0.4) is 0 Å². The molecule has 2 aromatic rings. The third-order valence-corrected chi connectivity index (χ3v) is 8.03. The number of phosphoric acid groups is 1. The molecule has 0 unspecified atom stereocenters. The molecule has 4 N–H and O–H groups in total. The van der Waals surface area contributed by atoms with Crippen LogP contribution >= 0.6 is 19.2 Å². The van der Waals surface area contributed by atoms with Crippen molar-refractivity contribution in [2.45, 2.75) is 76.2 Å². The Kier molecular flexibility index (Phi) is 6.50.